The van der Waals surface area contributed by atoms with Crippen LogP contribution in [-0.2, 0) is 4.74 Å². The minimum Gasteiger partial charge on any atom is -0.465 e. The molecule has 0 spiro atoms. The fourth-order valence-corrected chi connectivity index (χ4v) is 0.901. The molecule has 0 fully saturated rings. The standard InChI is InChI=1S/C10H8FO2/c1-3-7-4-5-8(9(11)6-7)10(12)13-2/h4-6H,1H2,2H3. The van der Waals surface area contributed by atoms with E-state index in [1.807, 2.05) is 0 Å². The number of esters is 1. The molecule has 2 nitrogen and oxygen atoms in total. The Morgan fingerprint density at radius 2 is 2.31 bits per heavy atom. The molecule has 0 bridgehead atoms. The predicted octanol–water partition coefficient (Wildman–Crippen LogP) is 1.95. The number of methoxy groups -OCH3 is 1. The molecule has 0 aliphatic carbocycles. The molecule has 0 heterocycles. The summed E-state index contributed by atoms with van der Waals surface area (Å²) in [6.45, 7) is 3.36. The molecule has 0 aromatic heterocycles. The van der Waals surface area contributed by atoms with Gasteiger partial charge in [-0.05, 0) is 23.8 Å². The van der Waals surface area contributed by atoms with Crippen molar-refractivity contribution in [2.75, 3.05) is 7.11 Å². The Labute approximate surface area is 75.6 Å². The lowest BCUT2D eigenvalue weighted by atomic mass is 10.1. The van der Waals surface area contributed by atoms with E-state index in [0.29, 0.717) is 5.56 Å². The van der Waals surface area contributed by atoms with Crippen molar-refractivity contribution in [3.05, 3.63) is 47.8 Å². The van der Waals surface area contributed by atoms with Gasteiger partial charge in [0.15, 0.2) is 0 Å². The van der Waals surface area contributed by atoms with Crippen molar-refractivity contribution < 1.29 is 13.9 Å². The first-order chi connectivity index (χ1) is 6.19. The monoisotopic (exact) mass is 179 g/mol. The van der Waals surface area contributed by atoms with Crippen LogP contribution in [0, 0.1) is 11.9 Å². The molecule has 0 atom stereocenters. The zero-order chi connectivity index (χ0) is 9.84. The summed E-state index contributed by atoms with van der Waals surface area (Å²) in [4.78, 5) is 10.9. The normalized spacial score (nSPS) is 9.38. The third kappa shape index (κ3) is 1.93. The first-order valence-electron chi connectivity index (χ1n) is 3.60. The summed E-state index contributed by atoms with van der Waals surface area (Å²) in [5.41, 5.74) is 0.423. The fraction of sp³-hybridized carbons (Fsp3) is 0.100. The first-order valence-corrected chi connectivity index (χ1v) is 3.60. The van der Waals surface area contributed by atoms with Gasteiger partial charge >= 0.3 is 5.97 Å². The number of rotatable bonds is 2. The number of benzene rings is 1. The summed E-state index contributed by atoms with van der Waals surface area (Å²) in [7, 11) is 1.20. The average Bonchev–Trinajstić information content (AvgIpc) is 2.16. The molecule has 67 valence electrons. The van der Waals surface area contributed by atoms with Gasteiger partial charge in [-0.3, -0.25) is 0 Å². The van der Waals surface area contributed by atoms with E-state index in [-0.39, 0.29) is 5.56 Å². The van der Waals surface area contributed by atoms with Crippen LogP contribution in [-0.4, -0.2) is 13.1 Å². The Balaban J connectivity index is 3.12. The van der Waals surface area contributed by atoms with Crippen molar-refractivity contribution in [1.82, 2.24) is 0 Å². The van der Waals surface area contributed by atoms with Gasteiger partial charge in [-0.25, -0.2) is 9.18 Å². The smallest absolute Gasteiger partial charge is 0.340 e. The van der Waals surface area contributed by atoms with Crippen molar-refractivity contribution >= 4 is 5.97 Å². The van der Waals surface area contributed by atoms with Crippen LogP contribution in [0.3, 0.4) is 0 Å². The highest BCUT2D eigenvalue weighted by molar-refractivity contribution is 5.89. The van der Waals surface area contributed by atoms with Crippen molar-refractivity contribution in [3.63, 3.8) is 0 Å². The Morgan fingerprint density at radius 1 is 1.62 bits per heavy atom. The second-order valence-electron chi connectivity index (χ2n) is 2.36. The van der Waals surface area contributed by atoms with Gasteiger partial charge in [-0.15, -0.1) is 0 Å². The summed E-state index contributed by atoms with van der Waals surface area (Å²) in [5.74, 6) is -1.31. The summed E-state index contributed by atoms with van der Waals surface area (Å²) in [6.07, 6.45) is 2.51. The highest BCUT2D eigenvalue weighted by Gasteiger charge is 2.11. The molecule has 1 aromatic rings. The minimum absolute atomic E-state index is 0.0819. The van der Waals surface area contributed by atoms with Crippen LogP contribution < -0.4 is 0 Å². The second-order valence-corrected chi connectivity index (χ2v) is 2.36. The topological polar surface area (TPSA) is 26.3 Å². The highest BCUT2D eigenvalue weighted by Crippen LogP contribution is 2.11. The maximum absolute atomic E-state index is 13.1. The number of carbonyl (C=O) groups excluding carboxylic acids is 1. The molecule has 1 aromatic carbocycles. The summed E-state index contributed by atoms with van der Waals surface area (Å²) < 4.78 is 17.5. The average molecular weight is 179 g/mol. The van der Waals surface area contributed by atoms with E-state index in [2.05, 4.69) is 17.4 Å². The van der Waals surface area contributed by atoms with Gasteiger partial charge in [-0.2, -0.15) is 0 Å². The highest BCUT2D eigenvalue weighted by atomic mass is 19.1. The van der Waals surface area contributed by atoms with Crippen LogP contribution in [0.2, 0.25) is 0 Å². The van der Waals surface area contributed by atoms with E-state index < -0.39 is 11.8 Å². The largest absolute Gasteiger partial charge is 0.465 e. The third-order valence-corrected chi connectivity index (χ3v) is 1.58. The predicted molar refractivity (Wildman–Crippen MR) is 45.7 cm³/mol. The molecule has 0 unspecified atom stereocenters. The lowest BCUT2D eigenvalue weighted by Gasteiger charge is -2.00. The van der Waals surface area contributed by atoms with E-state index in [0.717, 1.165) is 0 Å². The third-order valence-electron chi connectivity index (χ3n) is 1.58. The summed E-state index contributed by atoms with van der Waals surface area (Å²) >= 11 is 0. The summed E-state index contributed by atoms with van der Waals surface area (Å²) in [6, 6.07) is 4.07. The molecule has 0 aliphatic rings. The van der Waals surface area contributed by atoms with Gasteiger partial charge in [0, 0.05) is 0 Å². The van der Waals surface area contributed by atoms with Crippen molar-refractivity contribution in [2.24, 2.45) is 0 Å². The van der Waals surface area contributed by atoms with E-state index in [4.69, 9.17) is 0 Å². The van der Waals surface area contributed by atoms with Gasteiger partial charge in [0.1, 0.15) is 5.82 Å². The molecular weight excluding hydrogens is 171 g/mol. The van der Waals surface area contributed by atoms with Gasteiger partial charge in [0.25, 0.3) is 0 Å². The van der Waals surface area contributed by atoms with E-state index in [1.54, 1.807) is 6.07 Å². The zero-order valence-corrected chi connectivity index (χ0v) is 7.13. The van der Waals surface area contributed by atoms with Crippen LogP contribution in [0.25, 0.3) is 0 Å². The number of halogens is 1. The number of ether oxygens (including phenoxy) is 1. The number of hydrogen-bond acceptors (Lipinski definition) is 2. The molecule has 0 amide bonds. The first kappa shape index (κ1) is 9.45. The van der Waals surface area contributed by atoms with Crippen LogP contribution >= 0.6 is 0 Å². The van der Waals surface area contributed by atoms with Crippen molar-refractivity contribution in [1.29, 1.82) is 0 Å². The Bertz CT molecular complexity index is 345. The van der Waals surface area contributed by atoms with Crippen LogP contribution in [0.15, 0.2) is 24.8 Å². The molecule has 0 saturated carbocycles. The molecule has 0 aliphatic heterocycles. The maximum Gasteiger partial charge on any atom is 0.340 e. The molecule has 1 rings (SSSR count). The van der Waals surface area contributed by atoms with Crippen LogP contribution in [0.4, 0.5) is 4.39 Å². The van der Waals surface area contributed by atoms with Crippen LogP contribution in [0.5, 0.6) is 0 Å². The fourth-order valence-electron chi connectivity index (χ4n) is 0.901. The van der Waals surface area contributed by atoms with E-state index in [9.17, 15) is 9.18 Å². The maximum atomic E-state index is 13.1. The van der Waals surface area contributed by atoms with Gasteiger partial charge in [0.2, 0.25) is 0 Å². The van der Waals surface area contributed by atoms with Gasteiger partial charge in [-0.1, -0.05) is 12.6 Å². The van der Waals surface area contributed by atoms with Gasteiger partial charge in [0.05, 0.1) is 12.7 Å². The Hall–Kier alpha value is -1.64. The quantitative estimate of drug-likeness (QED) is 0.648. The SMILES string of the molecule is C=[C]c1ccc(C(=O)OC)c(F)c1. The molecule has 1 radical (unpaired) electrons. The summed E-state index contributed by atoms with van der Waals surface area (Å²) in [5, 5.41) is 0. The Morgan fingerprint density at radius 3 is 2.77 bits per heavy atom. The van der Waals surface area contributed by atoms with Gasteiger partial charge < -0.3 is 4.74 Å². The molecule has 13 heavy (non-hydrogen) atoms. The second kappa shape index (κ2) is 3.85. The lowest BCUT2D eigenvalue weighted by molar-refractivity contribution is 0.0595. The molecule has 0 saturated heterocycles. The minimum atomic E-state index is -0.687. The van der Waals surface area contributed by atoms with Crippen LogP contribution in [0.1, 0.15) is 15.9 Å². The number of hydrogen-bond donors (Lipinski definition) is 0. The van der Waals surface area contributed by atoms with E-state index in [1.165, 1.54) is 19.2 Å². The molecule has 0 N–H and O–H groups in total. The van der Waals surface area contributed by atoms with E-state index >= 15 is 0 Å². The molecular formula is C10H8FO2. The lowest BCUT2D eigenvalue weighted by Crippen LogP contribution is -2.04. The molecule has 3 heteroatoms. The zero-order valence-electron chi connectivity index (χ0n) is 7.13. The van der Waals surface area contributed by atoms with Crippen molar-refractivity contribution in [2.45, 2.75) is 0 Å². The van der Waals surface area contributed by atoms with Crippen molar-refractivity contribution in [3.8, 4) is 0 Å². The number of carbonyl (C=O) groups is 1. The Kier molecular flexibility index (Phi) is 2.80.